The van der Waals surface area contributed by atoms with Crippen molar-refractivity contribution >= 4 is 41.4 Å². The Labute approximate surface area is 176 Å². The fourth-order valence-electron chi connectivity index (χ4n) is 2.31. The molecule has 0 saturated carbocycles. The van der Waals surface area contributed by atoms with Crippen molar-refractivity contribution in [1.29, 1.82) is 0 Å². The van der Waals surface area contributed by atoms with Crippen LogP contribution in [-0.4, -0.2) is 71.2 Å². The summed E-state index contributed by atoms with van der Waals surface area (Å²) >= 11 is 0. The first-order valence-electron chi connectivity index (χ1n) is 9.05. The van der Waals surface area contributed by atoms with Crippen LogP contribution in [0.2, 0.25) is 0 Å². The van der Waals surface area contributed by atoms with E-state index >= 15 is 0 Å². The predicted molar refractivity (Wildman–Crippen MR) is 103 cm³/mol. The van der Waals surface area contributed by atoms with Gasteiger partial charge in [0.2, 0.25) is 35.4 Å². The zero-order chi connectivity index (χ0) is 24.1. The largest absolute Gasteiger partial charge is 0.480 e. The fourth-order valence-corrected chi connectivity index (χ4v) is 2.31. The van der Waals surface area contributed by atoms with Crippen LogP contribution in [0.25, 0.3) is 0 Å². The molecule has 174 valence electrons. The second-order valence-electron chi connectivity index (χ2n) is 6.47. The Hall–Kier alpha value is -3.75. The van der Waals surface area contributed by atoms with Crippen LogP contribution in [0.3, 0.4) is 0 Å². The Morgan fingerprint density at radius 3 is 1.45 bits per heavy atom. The van der Waals surface area contributed by atoms with Gasteiger partial charge in [-0.1, -0.05) is 0 Å². The summed E-state index contributed by atoms with van der Waals surface area (Å²) in [4.78, 5) is 80.9. The molecule has 0 aromatic carbocycles. The molecule has 0 fully saturated rings. The van der Waals surface area contributed by atoms with Crippen molar-refractivity contribution in [2.45, 2.75) is 50.2 Å². The summed E-state index contributed by atoms with van der Waals surface area (Å²) < 4.78 is 0. The Morgan fingerprint density at radius 1 is 0.677 bits per heavy atom. The average Bonchev–Trinajstić information content (AvgIpc) is 2.66. The summed E-state index contributed by atoms with van der Waals surface area (Å²) in [5.74, 6) is -6.80. The molecular formula is C16H27N7O8. The average molecular weight is 445 g/mol. The second-order valence-corrected chi connectivity index (χ2v) is 6.47. The highest BCUT2D eigenvalue weighted by atomic mass is 16.4. The van der Waals surface area contributed by atoms with Gasteiger partial charge in [-0.15, -0.1) is 0 Å². The number of carbonyl (C=O) groups excluding carboxylic acids is 6. The number of primary amides is 3. The van der Waals surface area contributed by atoms with Gasteiger partial charge in [0.25, 0.3) is 0 Å². The molecule has 0 aliphatic heterocycles. The van der Waals surface area contributed by atoms with Crippen LogP contribution in [0, 0.1) is 0 Å². The molecule has 15 heteroatoms. The van der Waals surface area contributed by atoms with E-state index in [0.29, 0.717) is 0 Å². The number of nitrogens with one attached hydrogen (secondary N) is 3. The molecule has 15 nitrogen and oxygen atoms in total. The van der Waals surface area contributed by atoms with E-state index < -0.39 is 72.5 Å². The lowest BCUT2D eigenvalue weighted by Gasteiger charge is -2.24. The highest BCUT2D eigenvalue weighted by Crippen LogP contribution is 2.04. The zero-order valence-electron chi connectivity index (χ0n) is 16.6. The van der Waals surface area contributed by atoms with Crippen LogP contribution in [0.1, 0.15) is 32.1 Å². The SMILES string of the molecule is NCC(=O)NC(CCC(N)=O)C(=O)NC(CCC(N)=O)C(=O)NC(CC(N)=O)C(=O)O. The van der Waals surface area contributed by atoms with Crippen LogP contribution in [0.4, 0.5) is 0 Å². The first kappa shape index (κ1) is 27.2. The van der Waals surface area contributed by atoms with E-state index in [1.54, 1.807) is 0 Å². The quantitative estimate of drug-likeness (QED) is 0.119. The van der Waals surface area contributed by atoms with Crippen molar-refractivity contribution in [2.75, 3.05) is 6.54 Å². The van der Waals surface area contributed by atoms with Gasteiger partial charge in [-0.2, -0.15) is 0 Å². The smallest absolute Gasteiger partial charge is 0.326 e. The number of aliphatic carboxylic acids is 1. The first-order chi connectivity index (χ1) is 14.4. The molecule has 0 aromatic heterocycles. The number of amides is 6. The highest BCUT2D eigenvalue weighted by molar-refractivity contribution is 5.95. The van der Waals surface area contributed by atoms with Crippen molar-refractivity contribution in [1.82, 2.24) is 16.0 Å². The molecule has 3 atom stereocenters. The van der Waals surface area contributed by atoms with Crippen LogP contribution < -0.4 is 38.9 Å². The molecule has 0 aromatic rings. The molecule has 0 bridgehead atoms. The van der Waals surface area contributed by atoms with E-state index in [9.17, 15) is 33.6 Å². The number of nitrogens with two attached hydrogens (primary N) is 4. The number of carboxylic acids is 1. The Bertz CT molecular complexity index is 727. The van der Waals surface area contributed by atoms with E-state index in [4.69, 9.17) is 28.0 Å². The lowest BCUT2D eigenvalue weighted by molar-refractivity contribution is -0.144. The monoisotopic (exact) mass is 445 g/mol. The van der Waals surface area contributed by atoms with Gasteiger partial charge in [0.15, 0.2) is 0 Å². The Morgan fingerprint density at radius 2 is 1.10 bits per heavy atom. The van der Waals surface area contributed by atoms with Crippen molar-refractivity contribution < 1.29 is 38.7 Å². The van der Waals surface area contributed by atoms with Gasteiger partial charge < -0.3 is 44.0 Å². The van der Waals surface area contributed by atoms with Crippen LogP contribution >= 0.6 is 0 Å². The van der Waals surface area contributed by atoms with Crippen LogP contribution in [0.5, 0.6) is 0 Å². The first-order valence-corrected chi connectivity index (χ1v) is 9.05. The minimum absolute atomic E-state index is 0.212. The van der Waals surface area contributed by atoms with E-state index in [0.717, 1.165) is 0 Å². The van der Waals surface area contributed by atoms with Crippen molar-refractivity contribution in [2.24, 2.45) is 22.9 Å². The van der Waals surface area contributed by atoms with Crippen molar-refractivity contribution in [3.8, 4) is 0 Å². The molecule has 0 heterocycles. The summed E-state index contributed by atoms with van der Waals surface area (Å²) in [5.41, 5.74) is 20.2. The summed E-state index contributed by atoms with van der Waals surface area (Å²) in [5, 5.41) is 15.6. The number of hydrogen-bond acceptors (Lipinski definition) is 8. The number of rotatable bonds is 15. The molecular weight excluding hydrogens is 418 g/mol. The van der Waals surface area contributed by atoms with Gasteiger partial charge in [-0.3, -0.25) is 28.8 Å². The third-order valence-corrected chi connectivity index (χ3v) is 3.85. The molecule has 0 radical (unpaired) electrons. The lowest BCUT2D eigenvalue weighted by Crippen LogP contribution is -2.56. The number of carboxylic acid groups (broad SMARTS) is 1. The van der Waals surface area contributed by atoms with E-state index in [-0.39, 0.29) is 25.7 Å². The molecule has 0 aliphatic carbocycles. The molecule has 31 heavy (non-hydrogen) atoms. The highest BCUT2D eigenvalue weighted by Gasteiger charge is 2.30. The fraction of sp³-hybridized carbons (Fsp3) is 0.562. The molecule has 3 unspecified atom stereocenters. The van der Waals surface area contributed by atoms with E-state index in [1.807, 2.05) is 5.32 Å². The number of carbonyl (C=O) groups is 7. The summed E-state index contributed by atoms with van der Waals surface area (Å²) in [6.45, 7) is -0.459. The standard InChI is InChI=1S/C16H27N7O8/c17-6-13(27)21-7(1-3-10(18)24)14(28)22-8(2-4-11(19)25)15(29)23-9(16(30)31)5-12(20)26/h7-9H,1-6,17H2,(H2,18,24)(H2,19,25)(H2,20,26)(H,21,27)(H,22,28)(H,23,29)(H,30,31). The Kier molecular flexibility index (Phi) is 11.8. The van der Waals surface area contributed by atoms with E-state index in [1.165, 1.54) is 0 Å². The third-order valence-electron chi connectivity index (χ3n) is 3.85. The molecule has 6 amide bonds. The van der Waals surface area contributed by atoms with Gasteiger partial charge in [0.1, 0.15) is 18.1 Å². The maximum atomic E-state index is 12.6. The maximum absolute atomic E-state index is 12.6. The molecule has 0 aliphatic rings. The number of hydrogen-bond donors (Lipinski definition) is 8. The van der Waals surface area contributed by atoms with Gasteiger partial charge in [-0.25, -0.2) is 4.79 Å². The normalized spacial score (nSPS) is 13.2. The Balaban J connectivity index is 5.48. The van der Waals surface area contributed by atoms with Crippen LogP contribution in [0.15, 0.2) is 0 Å². The predicted octanol–water partition coefficient (Wildman–Crippen LogP) is -5.11. The van der Waals surface area contributed by atoms with Crippen LogP contribution in [-0.2, 0) is 33.6 Å². The van der Waals surface area contributed by atoms with Gasteiger partial charge in [0, 0.05) is 12.8 Å². The summed E-state index contributed by atoms with van der Waals surface area (Å²) in [7, 11) is 0. The van der Waals surface area contributed by atoms with Gasteiger partial charge in [-0.05, 0) is 12.8 Å². The van der Waals surface area contributed by atoms with Gasteiger partial charge >= 0.3 is 5.97 Å². The minimum Gasteiger partial charge on any atom is -0.480 e. The van der Waals surface area contributed by atoms with Gasteiger partial charge in [0.05, 0.1) is 13.0 Å². The molecule has 0 saturated heterocycles. The topological polar surface area (TPSA) is 280 Å². The van der Waals surface area contributed by atoms with E-state index in [2.05, 4.69) is 10.6 Å². The molecule has 12 N–H and O–H groups in total. The molecule has 0 spiro atoms. The zero-order valence-corrected chi connectivity index (χ0v) is 16.6. The van der Waals surface area contributed by atoms with Crippen molar-refractivity contribution in [3.63, 3.8) is 0 Å². The molecule has 0 rings (SSSR count). The van der Waals surface area contributed by atoms with Crippen molar-refractivity contribution in [3.05, 3.63) is 0 Å². The summed E-state index contributed by atoms with van der Waals surface area (Å²) in [6, 6.07) is -4.44. The second kappa shape index (κ2) is 13.5. The third kappa shape index (κ3) is 11.7. The lowest BCUT2D eigenvalue weighted by atomic mass is 10.1. The maximum Gasteiger partial charge on any atom is 0.326 e. The minimum atomic E-state index is -1.68. The summed E-state index contributed by atoms with van der Waals surface area (Å²) in [6.07, 6.45) is -1.88.